The molecule has 0 aliphatic rings. The molecule has 0 bridgehead atoms. The molecule has 30 heavy (non-hydrogen) atoms. The number of rotatable bonds is 7. The van der Waals surface area contributed by atoms with Crippen LogP contribution in [-0.2, 0) is 13.1 Å². The fraction of sp³-hybridized carbons (Fsp3) is 0.174. The maximum absolute atomic E-state index is 8.76. The number of ether oxygens (including phenoxy) is 2. The molecule has 4 rings (SSSR count). The van der Waals surface area contributed by atoms with Crippen LogP contribution in [0.25, 0.3) is 11.0 Å². The van der Waals surface area contributed by atoms with Crippen LogP contribution in [0.5, 0.6) is 11.5 Å². The topological polar surface area (TPSA) is 52.2 Å². The number of hydrogen-bond donors (Lipinski definition) is 1. The second-order valence-electron chi connectivity index (χ2n) is 6.68. The van der Waals surface area contributed by atoms with Crippen LogP contribution in [0.2, 0.25) is 0 Å². The molecule has 0 radical (unpaired) electrons. The van der Waals surface area contributed by atoms with Crippen molar-refractivity contribution in [2.75, 3.05) is 13.7 Å². The third-order valence-corrected chi connectivity index (χ3v) is 5.40. The Labute approximate surface area is 194 Å². The molecule has 0 aliphatic heterocycles. The molecule has 0 aliphatic carbocycles. The lowest BCUT2D eigenvalue weighted by atomic mass is 10.2. The van der Waals surface area contributed by atoms with Crippen molar-refractivity contribution in [2.45, 2.75) is 13.1 Å². The molecule has 7 heteroatoms. The molecule has 1 aromatic heterocycles. The van der Waals surface area contributed by atoms with E-state index in [-0.39, 0.29) is 17.0 Å². The number of aromatic nitrogens is 2. The van der Waals surface area contributed by atoms with Gasteiger partial charge in [0, 0.05) is 4.47 Å². The average molecular weight is 533 g/mol. The second kappa shape index (κ2) is 10.00. The maximum Gasteiger partial charge on any atom is 0.203 e. The molecule has 0 fully saturated rings. The quantitative estimate of drug-likeness (QED) is 0.346. The Balaban J connectivity index is 0.00000256. The van der Waals surface area contributed by atoms with Crippen LogP contribution in [0.15, 0.2) is 77.3 Å². The lowest BCUT2D eigenvalue weighted by molar-refractivity contribution is 0.278. The predicted molar refractivity (Wildman–Crippen MR) is 128 cm³/mol. The van der Waals surface area contributed by atoms with Gasteiger partial charge in [-0.05, 0) is 42.0 Å². The Bertz CT molecular complexity index is 1180. The van der Waals surface area contributed by atoms with Crippen LogP contribution in [0.1, 0.15) is 5.56 Å². The fourth-order valence-corrected chi connectivity index (χ4v) is 3.70. The van der Waals surface area contributed by atoms with E-state index in [9.17, 15) is 0 Å². The Morgan fingerprint density at radius 1 is 0.833 bits per heavy atom. The summed E-state index contributed by atoms with van der Waals surface area (Å²) in [5, 5.41) is 8.76. The summed E-state index contributed by atoms with van der Waals surface area (Å²) in [4.78, 5) is 0. The zero-order chi connectivity index (χ0) is 20.2. The second-order valence-corrected chi connectivity index (χ2v) is 7.59. The van der Waals surface area contributed by atoms with Crippen LogP contribution in [0, 0.1) is 5.41 Å². The highest BCUT2D eigenvalue weighted by Crippen LogP contribution is 2.25. The Morgan fingerprint density at radius 2 is 1.43 bits per heavy atom. The van der Waals surface area contributed by atoms with Gasteiger partial charge in [-0.15, -0.1) is 17.0 Å². The minimum absolute atomic E-state index is 0. The van der Waals surface area contributed by atoms with E-state index in [0.29, 0.717) is 36.8 Å². The first-order valence-corrected chi connectivity index (χ1v) is 10.2. The number of methoxy groups -OCH3 is 1. The number of fused-ring (bicyclic) bond motifs is 1. The van der Waals surface area contributed by atoms with Gasteiger partial charge >= 0.3 is 0 Å². The lowest BCUT2D eigenvalue weighted by Gasteiger charge is -2.11. The van der Waals surface area contributed by atoms with Gasteiger partial charge in [0.2, 0.25) is 5.62 Å². The first kappa shape index (κ1) is 22.2. The number of halogens is 2. The summed E-state index contributed by atoms with van der Waals surface area (Å²) in [5.41, 5.74) is 3.67. The third-order valence-electron chi connectivity index (χ3n) is 4.87. The number of nitrogens with one attached hydrogen (secondary N) is 1. The Morgan fingerprint density at radius 3 is 2.10 bits per heavy atom. The first-order valence-electron chi connectivity index (χ1n) is 9.40. The number of hydrogen-bond acceptors (Lipinski definition) is 3. The molecule has 0 saturated carbocycles. The van der Waals surface area contributed by atoms with Gasteiger partial charge < -0.3 is 18.6 Å². The molecule has 156 valence electrons. The molecular formula is C23H23Br2N3O2. The van der Waals surface area contributed by atoms with Crippen LogP contribution in [-0.4, -0.2) is 22.9 Å². The molecule has 3 aromatic carbocycles. The van der Waals surface area contributed by atoms with Gasteiger partial charge in [0.15, 0.2) is 11.5 Å². The van der Waals surface area contributed by atoms with Crippen molar-refractivity contribution >= 4 is 43.9 Å². The summed E-state index contributed by atoms with van der Waals surface area (Å²) in [6.07, 6.45) is 0. The zero-order valence-corrected chi connectivity index (χ0v) is 19.8. The van der Waals surface area contributed by atoms with Crippen molar-refractivity contribution in [1.29, 1.82) is 5.41 Å². The van der Waals surface area contributed by atoms with E-state index in [1.807, 2.05) is 57.7 Å². The third kappa shape index (κ3) is 4.63. The molecule has 0 atom stereocenters. The molecule has 0 unspecified atom stereocenters. The van der Waals surface area contributed by atoms with Crippen molar-refractivity contribution in [2.24, 2.45) is 0 Å². The van der Waals surface area contributed by atoms with E-state index in [1.54, 1.807) is 7.11 Å². The zero-order valence-electron chi connectivity index (χ0n) is 16.5. The molecular weight excluding hydrogens is 510 g/mol. The Hall–Kier alpha value is -2.51. The van der Waals surface area contributed by atoms with E-state index >= 15 is 0 Å². The van der Waals surface area contributed by atoms with E-state index in [0.717, 1.165) is 21.1 Å². The van der Waals surface area contributed by atoms with Gasteiger partial charge in [-0.25, -0.2) is 0 Å². The number of imidazole rings is 1. The summed E-state index contributed by atoms with van der Waals surface area (Å²) in [6, 6.07) is 23.9. The Kier molecular flexibility index (Phi) is 7.39. The minimum atomic E-state index is 0. The van der Waals surface area contributed by atoms with Crippen LogP contribution >= 0.6 is 32.9 Å². The van der Waals surface area contributed by atoms with Crippen molar-refractivity contribution in [3.63, 3.8) is 0 Å². The van der Waals surface area contributed by atoms with Gasteiger partial charge in [0.05, 0.1) is 31.2 Å². The summed E-state index contributed by atoms with van der Waals surface area (Å²) >= 11 is 3.48. The molecule has 1 heterocycles. The van der Waals surface area contributed by atoms with Gasteiger partial charge in [-0.1, -0.05) is 52.3 Å². The first-order chi connectivity index (χ1) is 14.2. The van der Waals surface area contributed by atoms with Crippen LogP contribution < -0.4 is 15.1 Å². The smallest absolute Gasteiger partial charge is 0.203 e. The minimum Gasteiger partial charge on any atom is -0.493 e. The lowest BCUT2D eigenvalue weighted by Crippen LogP contribution is -2.27. The van der Waals surface area contributed by atoms with Gasteiger partial charge in [-0.3, -0.25) is 5.41 Å². The summed E-state index contributed by atoms with van der Waals surface area (Å²) in [5.74, 6) is 1.42. The van der Waals surface area contributed by atoms with Crippen LogP contribution in [0.4, 0.5) is 0 Å². The summed E-state index contributed by atoms with van der Waals surface area (Å²) < 4.78 is 16.3. The van der Waals surface area contributed by atoms with Crippen molar-refractivity contribution in [3.8, 4) is 11.5 Å². The number of nitrogens with zero attached hydrogens (tertiary/aromatic N) is 2. The summed E-state index contributed by atoms with van der Waals surface area (Å²) in [7, 11) is 1.63. The molecule has 0 amide bonds. The number of benzene rings is 3. The van der Waals surface area contributed by atoms with Gasteiger partial charge in [-0.2, -0.15) is 0 Å². The van der Waals surface area contributed by atoms with Crippen molar-refractivity contribution in [3.05, 3.63) is 88.5 Å². The van der Waals surface area contributed by atoms with E-state index < -0.39 is 0 Å². The van der Waals surface area contributed by atoms with E-state index in [1.165, 1.54) is 0 Å². The standard InChI is InChI=1S/C23H22BrN3O2.BrH/c1-28-21-8-4-5-9-22(21)29-15-14-26-19-6-2-3-7-20(19)27(23(26)25)16-17-10-12-18(24)13-11-17;/h2-13,25H,14-16H2,1H3;1H. The van der Waals surface area contributed by atoms with E-state index in [2.05, 4.69) is 40.2 Å². The van der Waals surface area contributed by atoms with E-state index in [4.69, 9.17) is 14.9 Å². The highest BCUT2D eigenvalue weighted by molar-refractivity contribution is 9.10. The highest BCUT2D eigenvalue weighted by Gasteiger charge is 2.11. The molecule has 5 nitrogen and oxygen atoms in total. The maximum atomic E-state index is 8.76. The number of para-hydroxylation sites is 4. The van der Waals surface area contributed by atoms with Crippen LogP contribution in [0.3, 0.4) is 0 Å². The fourth-order valence-electron chi connectivity index (χ4n) is 3.44. The highest BCUT2D eigenvalue weighted by atomic mass is 79.9. The molecule has 1 N–H and O–H groups in total. The largest absolute Gasteiger partial charge is 0.493 e. The summed E-state index contributed by atoms with van der Waals surface area (Å²) in [6.45, 7) is 1.67. The average Bonchev–Trinajstić information content (AvgIpc) is 3.01. The normalized spacial score (nSPS) is 10.6. The molecule has 0 spiro atoms. The molecule has 0 saturated heterocycles. The monoisotopic (exact) mass is 531 g/mol. The SMILES string of the molecule is Br.COc1ccccc1OCCn1c(=N)n(Cc2ccc(Br)cc2)c2ccccc21. The predicted octanol–water partition coefficient (Wildman–Crippen LogP) is 5.40. The van der Waals surface area contributed by atoms with Gasteiger partial charge in [0.1, 0.15) is 6.61 Å². The van der Waals surface area contributed by atoms with Crippen molar-refractivity contribution < 1.29 is 9.47 Å². The molecule has 4 aromatic rings. The van der Waals surface area contributed by atoms with Gasteiger partial charge in [0.25, 0.3) is 0 Å². The van der Waals surface area contributed by atoms with Crippen molar-refractivity contribution in [1.82, 2.24) is 9.13 Å².